The number of aryl methyl sites for hydroxylation is 2. The quantitative estimate of drug-likeness (QED) is 0.879. The summed E-state index contributed by atoms with van der Waals surface area (Å²) in [6.07, 6.45) is 3.88. The van der Waals surface area contributed by atoms with Crippen molar-refractivity contribution in [3.63, 3.8) is 0 Å². The molecule has 2 rings (SSSR count). The van der Waals surface area contributed by atoms with E-state index in [0.29, 0.717) is 0 Å². The molecule has 14 heavy (non-hydrogen) atoms. The Bertz CT molecular complexity index is 342. The molecule has 1 aliphatic carbocycles. The summed E-state index contributed by atoms with van der Waals surface area (Å²) in [6.45, 7) is 2.10. The predicted molar refractivity (Wildman–Crippen MR) is 61.4 cm³/mol. The molecule has 1 aliphatic rings. The fraction of sp³-hybridized carbons (Fsp3) is 0.500. The number of rotatable bonds is 3. The van der Waals surface area contributed by atoms with Gasteiger partial charge in [-0.2, -0.15) is 0 Å². The van der Waals surface area contributed by atoms with E-state index in [1.165, 1.54) is 11.1 Å². The maximum absolute atomic E-state index is 9.70. The first kappa shape index (κ1) is 10.2. The first-order valence-corrected chi connectivity index (χ1v) is 5.86. The smallest absolute Gasteiger partial charge is 0.0653 e. The molecule has 1 aromatic rings. The zero-order valence-electron chi connectivity index (χ0n) is 8.39. The van der Waals surface area contributed by atoms with Crippen LogP contribution in [0.2, 0.25) is 0 Å². The van der Waals surface area contributed by atoms with Crippen LogP contribution >= 0.6 is 15.9 Å². The van der Waals surface area contributed by atoms with Crippen LogP contribution in [-0.4, -0.2) is 10.7 Å². The van der Waals surface area contributed by atoms with Crippen LogP contribution in [0.1, 0.15) is 30.4 Å². The standard InChI is InChI=1S/C12H15BrO/c1-9-8-10(2-3-11(9)13)4-5-12(14)6-7-12/h2-3,8,14H,4-7H2,1H3. The van der Waals surface area contributed by atoms with Crippen molar-refractivity contribution < 1.29 is 5.11 Å². The molecule has 0 unspecified atom stereocenters. The summed E-state index contributed by atoms with van der Waals surface area (Å²) in [4.78, 5) is 0. The van der Waals surface area contributed by atoms with Crippen molar-refractivity contribution >= 4 is 15.9 Å². The van der Waals surface area contributed by atoms with E-state index in [1.54, 1.807) is 0 Å². The lowest BCUT2D eigenvalue weighted by atomic mass is 10.0. The third-order valence-electron chi connectivity index (χ3n) is 2.93. The molecule has 0 heterocycles. The molecule has 1 nitrogen and oxygen atoms in total. The lowest BCUT2D eigenvalue weighted by molar-refractivity contribution is 0.140. The van der Waals surface area contributed by atoms with Crippen molar-refractivity contribution in [3.8, 4) is 0 Å². The number of hydrogen-bond donors (Lipinski definition) is 1. The van der Waals surface area contributed by atoms with Crippen molar-refractivity contribution in [2.75, 3.05) is 0 Å². The molecular weight excluding hydrogens is 240 g/mol. The average molecular weight is 255 g/mol. The number of aliphatic hydroxyl groups is 1. The Hall–Kier alpha value is -0.340. The molecule has 1 saturated carbocycles. The maximum Gasteiger partial charge on any atom is 0.0653 e. The minimum atomic E-state index is -0.318. The van der Waals surface area contributed by atoms with Crippen LogP contribution in [0.4, 0.5) is 0 Å². The molecular formula is C12H15BrO. The molecule has 0 aromatic heterocycles. The number of hydrogen-bond acceptors (Lipinski definition) is 1. The van der Waals surface area contributed by atoms with E-state index < -0.39 is 0 Å². The second kappa shape index (κ2) is 3.67. The SMILES string of the molecule is Cc1cc(CCC2(O)CC2)ccc1Br. The van der Waals surface area contributed by atoms with E-state index in [0.717, 1.165) is 30.2 Å². The summed E-state index contributed by atoms with van der Waals surface area (Å²) in [5, 5.41) is 9.70. The fourth-order valence-corrected chi connectivity index (χ4v) is 1.88. The van der Waals surface area contributed by atoms with E-state index in [4.69, 9.17) is 0 Å². The number of halogens is 1. The van der Waals surface area contributed by atoms with Gasteiger partial charge in [0, 0.05) is 4.47 Å². The Morgan fingerprint density at radius 1 is 1.43 bits per heavy atom. The van der Waals surface area contributed by atoms with Gasteiger partial charge in [-0.1, -0.05) is 28.1 Å². The first-order chi connectivity index (χ1) is 6.59. The van der Waals surface area contributed by atoms with Gasteiger partial charge in [-0.25, -0.2) is 0 Å². The Kier molecular flexibility index (Phi) is 2.67. The molecule has 0 aliphatic heterocycles. The van der Waals surface area contributed by atoms with Gasteiger partial charge in [0.1, 0.15) is 0 Å². The Balaban J connectivity index is 1.99. The van der Waals surface area contributed by atoms with Gasteiger partial charge in [0.2, 0.25) is 0 Å². The Morgan fingerprint density at radius 2 is 2.14 bits per heavy atom. The minimum Gasteiger partial charge on any atom is -0.390 e. The third-order valence-corrected chi connectivity index (χ3v) is 3.82. The summed E-state index contributed by atoms with van der Waals surface area (Å²) in [7, 11) is 0. The minimum absolute atomic E-state index is 0.318. The monoisotopic (exact) mass is 254 g/mol. The van der Waals surface area contributed by atoms with Crippen LogP contribution in [0.3, 0.4) is 0 Å². The van der Waals surface area contributed by atoms with Crippen LogP contribution in [0.15, 0.2) is 22.7 Å². The van der Waals surface area contributed by atoms with Crippen LogP contribution < -0.4 is 0 Å². The second-order valence-electron chi connectivity index (χ2n) is 4.31. The number of benzene rings is 1. The van der Waals surface area contributed by atoms with E-state index in [9.17, 15) is 5.11 Å². The van der Waals surface area contributed by atoms with E-state index in [2.05, 4.69) is 41.1 Å². The van der Waals surface area contributed by atoms with Crippen LogP contribution in [-0.2, 0) is 6.42 Å². The van der Waals surface area contributed by atoms with Gasteiger partial charge in [-0.3, -0.25) is 0 Å². The van der Waals surface area contributed by atoms with Gasteiger partial charge in [0.15, 0.2) is 0 Å². The third kappa shape index (κ3) is 2.37. The molecule has 76 valence electrons. The predicted octanol–water partition coefficient (Wildman–Crippen LogP) is 3.22. The molecule has 2 heteroatoms. The van der Waals surface area contributed by atoms with Gasteiger partial charge < -0.3 is 5.11 Å². The molecule has 0 amide bonds. The van der Waals surface area contributed by atoms with Crippen LogP contribution in [0, 0.1) is 6.92 Å². The second-order valence-corrected chi connectivity index (χ2v) is 5.16. The van der Waals surface area contributed by atoms with Gasteiger partial charge in [-0.05, 0) is 49.8 Å². The van der Waals surface area contributed by atoms with Crippen molar-refractivity contribution in [2.24, 2.45) is 0 Å². The van der Waals surface area contributed by atoms with Crippen molar-refractivity contribution in [3.05, 3.63) is 33.8 Å². The fourth-order valence-electron chi connectivity index (χ4n) is 1.63. The van der Waals surface area contributed by atoms with Gasteiger partial charge in [0.05, 0.1) is 5.60 Å². The van der Waals surface area contributed by atoms with E-state index >= 15 is 0 Å². The Labute approximate surface area is 93.3 Å². The maximum atomic E-state index is 9.70. The van der Waals surface area contributed by atoms with Crippen LogP contribution in [0.5, 0.6) is 0 Å². The largest absolute Gasteiger partial charge is 0.390 e. The summed E-state index contributed by atoms with van der Waals surface area (Å²) in [5.41, 5.74) is 2.28. The molecule has 1 fully saturated rings. The van der Waals surface area contributed by atoms with Gasteiger partial charge in [0.25, 0.3) is 0 Å². The Morgan fingerprint density at radius 3 is 2.71 bits per heavy atom. The highest BCUT2D eigenvalue weighted by Crippen LogP contribution is 2.39. The molecule has 1 N–H and O–H groups in total. The molecule has 0 atom stereocenters. The van der Waals surface area contributed by atoms with E-state index in [1.807, 2.05) is 0 Å². The summed E-state index contributed by atoms with van der Waals surface area (Å²) >= 11 is 3.48. The molecule has 0 saturated heterocycles. The highest BCUT2D eigenvalue weighted by atomic mass is 79.9. The van der Waals surface area contributed by atoms with Crippen LogP contribution in [0.25, 0.3) is 0 Å². The average Bonchev–Trinajstić information content (AvgIpc) is 2.87. The highest BCUT2D eigenvalue weighted by molar-refractivity contribution is 9.10. The summed E-state index contributed by atoms with van der Waals surface area (Å²) in [6, 6.07) is 6.40. The lowest BCUT2D eigenvalue weighted by Gasteiger charge is -2.08. The van der Waals surface area contributed by atoms with Crippen molar-refractivity contribution in [1.29, 1.82) is 0 Å². The van der Waals surface area contributed by atoms with Gasteiger partial charge in [-0.15, -0.1) is 0 Å². The molecule has 1 aromatic carbocycles. The van der Waals surface area contributed by atoms with Gasteiger partial charge >= 0.3 is 0 Å². The van der Waals surface area contributed by atoms with E-state index in [-0.39, 0.29) is 5.60 Å². The normalized spacial score (nSPS) is 18.2. The summed E-state index contributed by atoms with van der Waals surface area (Å²) < 4.78 is 1.16. The summed E-state index contributed by atoms with van der Waals surface area (Å²) in [5.74, 6) is 0. The molecule has 0 spiro atoms. The van der Waals surface area contributed by atoms with Crippen molar-refractivity contribution in [2.45, 2.75) is 38.2 Å². The zero-order chi connectivity index (χ0) is 10.2. The van der Waals surface area contributed by atoms with Crippen molar-refractivity contribution in [1.82, 2.24) is 0 Å². The zero-order valence-corrected chi connectivity index (χ0v) is 9.97. The molecule has 0 radical (unpaired) electrons. The topological polar surface area (TPSA) is 20.2 Å². The lowest BCUT2D eigenvalue weighted by Crippen LogP contribution is -2.07. The highest BCUT2D eigenvalue weighted by Gasteiger charge is 2.39. The molecule has 0 bridgehead atoms. The first-order valence-electron chi connectivity index (χ1n) is 5.06.